The molecule has 1 N–H and O–H groups in total. The monoisotopic (exact) mass is 308 g/mol. The van der Waals surface area contributed by atoms with Gasteiger partial charge < -0.3 is 14.5 Å². The number of pyridine rings is 1. The van der Waals surface area contributed by atoms with Gasteiger partial charge in [0.1, 0.15) is 11.4 Å². The molecule has 0 radical (unpaired) electrons. The van der Waals surface area contributed by atoms with Gasteiger partial charge in [-0.25, -0.2) is 0 Å². The lowest BCUT2D eigenvalue weighted by molar-refractivity contribution is 0.153. The molecule has 1 aromatic rings. The first kappa shape index (κ1) is 16.3. The molecule has 21 heavy (non-hydrogen) atoms. The number of ether oxygens (including phenoxy) is 1. The minimum absolute atomic E-state index is 0.115. The van der Waals surface area contributed by atoms with Gasteiger partial charge in [0.15, 0.2) is 14.5 Å². The number of rotatable bonds is 4. The average Bonchev–Trinajstić information content (AvgIpc) is 2.77. The van der Waals surface area contributed by atoms with Gasteiger partial charge in [-0.2, -0.15) is 0 Å². The van der Waals surface area contributed by atoms with Crippen LogP contribution in [-0.4, -0.2) is 26.1 Å². The largest absolute Gasteiger partial charge is 0.466 e. The first-order valence-electron chi connectivity index (χ1n) is 7.68. The van der Waals surface area contributed by atoms with Gasteiger partial charge in [-0.05, 0) is 24.1 Å². The van der Waals surface area contributed by atoms with Crippen molar-refractivity contribution in [1.82, 2.24) is 4.98 Å². The Hall–Kier alpha value is -1.07. The lowest BCUT2D eigenvalue weighted by Crippen LogP contribution is -2.44. The van der Waals surface area contributed by atoms with E-state index >= 15 is 0 Å². The maximum absolute atomic E-state index is 6.24. The summed E-state index contributed by atoms with van der Waals surface area (Å²) in [5, 5.41) is 3.63. The van der Waals surface area contributed by atoms with Crippen LogP contribution < -0.4 is 10.1 Å². The molecule has 4 nitrogen and oxygen atoms in total. The van der Waals surface area contributed by atoms with E-state index in [9.17, 15) is 0 Å². The molecule has 1 aliphatic heterocycles. The molecule has 0 aliphatic carbocycles. The molecule has 0 aromatic carbocycles. The van der Waals surface area contributed by atoms with Crippen molar-refractivity contribution in [3.63, 3.8) is 0 Å². The summed E-state index contributed by atoms with van der Waals surface area (Å²) in [4.78, 5) is 4.46. The number of anilines is 1. The van der Waals surface area contributed by atoms with Gasteiger partial charge in [-0.15, -0.1) is 0 Å². The maximum atomic E-state index is 6.24. The molecule has 0 unspecified atom stereocenters. The zero-order valence-corrected chi connectivity index (χ0v) is 15.3. The van der Waals surface area contributed by atoms with E-state index in [1.54, 1.807) is 0 Å². The summed E-state index contributed by atoms with van der Waals surface area (Å²) < 4.78 is 12.2. The maximum Gasteiger partial charge on any atom is 0.192 e. The number of nitrogens with one attached hydrogen (secondary N) is 1. The Morgan fingerprint density at radius 3 is 2.62 bits per heavy atom. The van der Waals surface area contributed by atoms with Crippen LogP contribution in [0.4, 0.5) is 5.69 Å². The van der Waals surface area contributed by atoms with Gasteiger partial charge >= 0.3 is 0 Å². The Morgan fingerprint density at radius 1 is 1.38 bits per heavy atom. The summed E-state index contributed by atoms with van der Waals surface area (Å²) in [6.07, 6.45) is 1.70. The molecular formula is C16H28N2O2Si. The van der Waals surface area contributed by atoms with Crippen LogP contribution in [0.25, 0.3) is 0 Å². The Morgan fingerprint density at radius 2 is 2.05 bits per heavy atom. The molecule has 1 aliphatic rings. The number of fused-ring (bicyclic) bond motifs is 1. The van der Waals surface area contributed by atoms with E-state index in [0.29, 0.717) is 12.5 Å². The van der Waals surface area contributed by atoms with Gasteiger partial charge in [0.2, 0.25) is 0 Å². The third kappa shape index (κ3) is 3.40. The second kappa shape index (κ2) is 5.61. The minimum Gasteiger partial charge on any atom is -0.466 e. The van der Waals surface area contributed by atoms with E-state index in [0.717, 1.165) is 17.1 Å². The predicted octanol–water partition coefficient (Wildman–Crippen LogP) is 4.36. The van der Waals surface area contributed by atoms with Crippen molar-refractivity contribution >= 4 is 14.0 Å². The van der Waals surface area contributed by atoms with Crippen LogP contribution in [0, 0.1) is 0 Å². The van der Waals surface area contributed by atoms with Gasteiger partial charge in [0, 0.05) is 12.3 Å². The van der Waals surface area contributed by atoms with Gasteiger partial charge in [-0.3, -0.25) is 4.98 Å². The number of nitrogens with zero attached hydrogens (tertiary/aromatic N) is 1. The molecule has 118 valence electrons. The van der Waals surface area contributed by atoms with Crippen molar-refractivity contribution in [3.8, 4) is 5.75 Å². The minimum atomic E-state index is -1.75. The average molecular weight is 308 g/mol. The van der Waals surface area contributed by atoms with Crippen LogP contribution in [0.15, 0.2) is 12.3 Å². The van der Waals surface area contributed by atoms with Crippen molar-refractivity contribution in [3.05, 3.63) is 18.0 Å². The Labute approximate surface area is 129 Å². The van der Waals surface area contributed by atoms with E-state index in [1.807, 2.05) is 12.3 Å². The molecule has 0 bridgehead atoms. The third-order valence-electron chi connectivity index (χ3n) is 4.47. The van der Waals surface area contributed by atoms with Crippen LogP contribution in [-0.2, 0) is 4.43 Å². The molecule has 0 saturated heterocycles. The fraction of sp³-hybridized carbons (Fsp3) is 0.688. The fourth-order valence-electron chi connectivity index (χ4n) is 2.06. The molecular weight excluding hydrogens is 280 g/mol. The highest BCUT2D eigenvalue weighted by Gasteiger charge is 2.38. The zero-order chi connectivity index (χ0) is 15.8. The van der Waals surface area contributed by atoms with Crippen molar-refractivity contribution < 1.29 is 9.16 Å². The normalized spacial score (nSPS) is 18.4. The van der Waals surface area contributed by atoms with Crippen LogP contribution in [0.1, 0.15) is 46.2 Å². The van der Waals surface area contributed by atoms with E-state index in [-0.39, 0.29) is 11.3 Å². The summed E-state index contributed by atoms with van der Waals surface area (Å²) >= 11 is 0. The first-order valence-corrected chi connectivity index (χ1v) is 10.6. The van der Waals surface area contributed by atoms with E-state index < -0.39 is 8.32 Å². The molecule has 1 aromatic heterocycles. The lowest BCUT2D eigenvalue weighted by Gasteiger charge is -2.36. The summed E-state index contributed by atoms with van der Waals surface area (Å²) in [6, 6.07) is 1.92. The summed E-state index contributed by atoms with van der Waals surface area (Å²) in [5.41, 5.74) is 2.08. The topological polar surface area (TPSA) is 43.4 Å². The van der Waals surface area contributed by atoms with Gasteiger partial charge in [0.25, 0.3) is 0 Å². The van der Waals surface area contributed by atoms with Crippen LogP contribution >= 0.6 is 0 Å². The Bertz CT molecular complexity index is 509. The van der Waals surface area contributed by atoms with Crippen LogP contribution in [0.2, 0.25) is 18.1 Å². The van der Waals surface area contributed by atoms with E-state index in [1.165, 1.54) is 0 Å². The summed E-state index contributed by atoms with van der Waals surface area (Å²) in [6.45, 7) is 16.1. The highest BCUT2D eigenvalue weighted by molar-refractivity contribution is 6.74. The molecule has 2 rings (SSSR count). The van der Waals surface area contributed by atoms with E-state index in [2.05, 4.69) is 58.0 Å². The highest BCUT2D eigenvalue weighted by Crippen LogP contribution is 2.39. The second-order valence-corrected chi connectivity index (χ2v) is 12.4. The standard InChI is InChI=1S/C16H28N2O2Si/c1-11(2)14-15-12(8-9-17-14)20-13(18-15)10-19-21(6,7)16(3,4)5/h8-9,11,13,18H,10H2,1-7H3/t13-/m1/s1. The Balaban J connectivity index is 2.03. The van der Waals surface area contributed by atoms with Crippen molar-refractivity contribution in [2.75, 3.05) is 11.9 Å². The molecule has 0 fully saturated rings. The lowest BCUT2D eigenvalue weighted by atomic mass is 10.1. The highest BCUT2D eigenvalue weighted by atomic mass is 28.4. The molecule has 0 saturated carbocycles. The Kier molecular flexibility index (Phi) is 4.35. The molecule has 1 atom stereocenters. The zero-order valence-electron chi connectivity index (χ0n) is 14.3. The van der Waals surface area contributed by atoms with Gasteiger partial charge in [0.05, 0.1) is 12.3 Å². The summed E-state index contributed by atoms with van der Waals surface area (Å²) in [7, 11) is -1.75. The molecule has 5 heteroatoms. The quantitative estimate of drug-likeness (QED) is 0.839. The SMILES string of the molecule is CC(C)c1nccc2c1N[C@@H](CO[Si](C)(C)C(C)(C)C)O2. The second-order valence-electron chi connectivity index (χ2n) is 7.55. The van der Waals surface area contributed by atoms with Crippen LogP contribution in [0.3, 0.4) is 0 Å². The first-order chi connectivity index (χ1) is 9.62. The molecule has 0 spiro atoms. The van der Waals surface area contributed by atoms with Crippen molar-refractivity contribution in [2.24, 2.45) is 0 Å². The van der Waals surface area contributed by atoms with Crippen LogP contribution in [0.5, 0.6) is 5.75 Å². The number of hydrogen-bond donors (Lipinski definition) is 1. The predicted molar refractivity (Wildman–Crippen MR) is 89.5 cm³/mol. The number of hydrogen-bond acceptors (Lipinski definition) is 4. The third-order valence-corrected chi connectivity index (χ3v) is 8.97. The fourth-order valence-corrected chi connectivity index (χ4v) is 3.06. The summed E-state index contributed by atoms with van der Waals surface area (Å²) in [5.74, 6) is 1.26. The van der Waals surface area contributed by atoms with Crippen molar-refractivity contribution in [2.45, 2.75) is 64.9 Å². The van der Waals surface area contributed by atoms with E-state index in [4.69, 9.17) is 9.16 Å². The molecule has 2 heterocycles. The number of aromatic nitrogens is 1. The van der Waals surface area contributed by atoms with Crippen molar-refractivity contribution in [1.29, 1.82) is 0 Å². The smallest absolute Gasteiger partial charge is 0.192 e. The van der Waals surface area contributed by atoms with Gasteiger partial charge in [-0.1, -0.05) is 34.6 Å². The molecule has 0 amide bonds.